The Morgan fingerprint density at radius 1 is 0.873 bits per heavy atom. The Hall–Kier alpha value is -2.23. The summed E-state index contributed by atoms with van der Waals surface area (Å²) in [6.45, 7) is 24.8. The number of likely N-dealkylation sites (tertiary alicyclic amines) is 1. The van der Waals surface area contributed by atoms with E-state index in [4.69, 9.17) is 0 Å². The fraction of sp³-hybridized carbons (Fsp3) is 0.783. The topological polar surface area (TPSA) is 107 Å². The van der Waals surface area contributed by atoms with Gasteiger partial charge in [0.1, 0.15) is 0 Å². The van der Waals surface area contributed by atoms with E-state index in [1.807, 2.05) is 24.3 Å². The van der Waals surface area contributed by atoms with Crippen LogP contribution < -0.4 is 5.32 Å². The third-order valence-corrected chi connectivity index (χ3v) is 19.3. The van der Waals surface area contributed by atoms with E-state index in [9.17, 15) is 23.1 Å². The number of nitrogens with zero attached hydrogens (tertiary/aromatic N) is 2. The van der Waals surface area contributed by atoms with Crippen molar-refractivity contribution in [3.8, 4) is 0 Å². The number of aliphatic carboxylic acids is 1. The standard InChI is InChI=1S/C46H71N3O5S/c1-32(2)35-14-17-46(31-47-21-9-22-48-24-26-55(53,54)27-25-48)19-18-44(6)36(41(35)46)12-13-38-43(5)20-23-49(42(3,4)37(43)15-16-45(38,44)7)39(50)29-33-10-8-11-34(28-33)30-40(51)52/h8,10-11,28,35-38,41,47H,1,9,12-27,29-31H2,2-7H3,(H,51,52)/t35-,36+,37-,38+,41+,43-,44+,45+,46+/m0/s1. The molecule has 4 aliphatic carbocycles. The van der Waals surface area contributed by atoms with Gasteiger partial charge in [0.2, 0.25) is 5.91 Å². The Bertz CT molecular complexity index is 1750. The van der Waals surface area contributed by atoms with Crippen molar-refractivity contribution < 1.29 is 23.1 Å². The van der Waals surface area contributed by atoms with Crippen molar-refractivity contribution in [2.24, 2.45) is 51.2 Å². The largest absolute Gasteiger partial charge is 0.481 e. The second-order valence-electron chi connectivity index (χ2n) is 20.6. The third-order valence-electron chi connectivity index (χ3n) is 17.7. The van der Waals surface area contributed by atoms with Crippen molar-refractivity contribution in [1.82, 2.24) is 15.1 Å². The summed E-state index contributed by atoms with van der Waals surface area (Å²) in [6, 6.07) is 7.56. The molecule has 9 heteroatoms. The first-order valence-corrected chi connectivity index (χ1v) is 23.6. The minimum atomic E-state index is -2.84. The molecular formula is C46H71N3O5S. The Morgan fingerprint density at radius 3 is 2.27 bits per heavy atom. The maximum atomic E-state index is 14.1. The van der Waals surface area contributed by atoms with Crippen LogP contribution in [0, 0.1) is 51.2 Å². The molecule has 4 saturated carbocycles. The Morgan fingerprint density at radius 2 is 1.58 bits per heavy atom. The van der Waals surface area contributed by atoms with Gasteiger partial charge in [-0.3, -0.25) is 9.59 Å². The van der Waals surface area contributed by atoms with E-state index >= 15 is 0 Å². The quantitative estimate of drug-likeness (QED) is 0.178. The molecule has 9 atom stereocenters. The molecule has 55 heavy (non-hydrogen) atoms. The second-order valence-corrected chi connectivity index (χ2v) is 22.9. The zero-order chi connectivity index (χ0) is 39.6. The number of nitrogens with one attached hydrogen (secondary N) is 1. The summed E-state index contributed by atoms with van der Waals surface area (Å²) >= 11 is 0. The lowest BCUT2D eigenvalue weighted by Crippen LogP contribution is -2.70. The van der Waals surface area contributed by atoms with Crippen LogP contribution in [0.3, 0.4) is 0 Å². The van der Waals surface area contributed by atoms with E-state index in [2.05, 4.69) is 63.2 Å². The minimum absolute atomic E-state index is 0.0262. The number of carboxylic acid groups (broad SMARTS) is 1. The maximum absolute atomic E-state index is 14.1. The fourth-order valence-corrected chi connectivity index (χ4v) is 16.1. The number of carbonyl (C=O) groups is 2. The van der Waals surface area contributed by atoms with E-state index in [0.29, 0.717) is 66.0 Å². The predicted octanol–water partition coefficient (Wildman–Crippen LogP) is 7.41. The summed E-state index contributed by atoms with van der Waals surface area (Å²) in [7, 11) is -2.84. The first-order chi connectivity index (χ1) is 25.9. The monoisotopic (exact) mass is 778 g/mol. The van der Waals surface area contributed by atoms with Crippen molar-refractivity contribution in [3.05, 3.63) is 47.5 Å². The highest BCUT2D eigenvalue weighted by Gasteiger charge is 2.70. The molecule has 1 aromatic carbocycles. The average molecular weight is 778 g/mol. The van der Waals surface area contributed by atoms with Gasteiger partial charge in [-0.1, -0.05) is 57.2 Å². The third kappa shape index (κ3) is 7.17. The highest BCUT2D eigenvalue weighted by Crippen LogP contribution is 2.76. The summed E-state index contributed by atoms with van der Waals surface area (Å²) < 4.78 is 23.8. The van der Waals surface area contributed by atoms with Gasteiger partial charge in [0, 0.05) is 31.7 Å². The lowest BCUT2D eigenvalue weighted by atomic mass is 9.33. The van der Waals surface area contributed by atoms with Gasteiger partial charge in [-0.15, -0.1) is 0 Å². The highest BCUT2D eigenvalue weighted by molar-refractivity contribution is 7.91. The summed E-state index contributed by atoms with van der Waals surface area (Å²) in [5, 5.41) is 13.3. The molecule has 0 radical (unpaired) electrons. The summed E-state index contributed by atoms with van der Waals surface area (Å²) in [5.41, 5.74) is 3.77. The van der Waals surface area contributed by atoms with Gasteiger partial charge < -0.3 is 20.2 Å². The van der Waals surface area contributed by atoms with Gasteiger partial charge >= 0.3 is 5.97 Å². The smallest absolute Gasteiger partial charge is 0.307 e. The summed E-state index contributed by atoms with van der Waals surface area (Å²) in [5.74, 6) is 2.92. The van der Waals surface area contributed by atoms with E-state index in [1.54, 1.807) is 0 Å². The molecule has 2 saturated heterocycles. The molecule has 0 spiro atoms. The molecule has 2 N–H and O–H groups in total. The number of allylic oxidation sites excluding steroid dienone is 1. The molecule has 1 aromatic rings. The van der Waals surface area contributed by atoms with Gasteiger partial charge in [0.05, 0.1) is 24.3 Å². The normalized spacial score (nSPS) is 39.3. The molecule has 306 valence electrons. The second kappa shape index (κ2) is 14.9. The molecule has 1 amide bonds. The molecule has 0 aromatic heterocycles. The molecule has 2 heterocycles. The molecular weight excluding hydrogens is 707 g/mol. The van der Waals surface area contributed by atoms with Crippen molar-refractivity contribution in [1.29, 1.82) is 0 Å². The molecule has 6 aliphatic rings. The average Bonchev–Trinajstić information content (AvgIpc) is 3.49. The number of fused-ring (bicyclic) bond motifs is 7. The van der Waals surface area contributed by atoms with Gasteiger partial charge in [0.25, 0.3) is 0 Å². The van der Waals surface area contributed by atoms with Crippen molar-refractivity contribution >= 4 is 21.7 Å². The summed E-state index contributed by atoms with van der Waals surface area (Å²) in [4.78, 5) is 29.9. The fourth-order valence-electron chi connectivity index (χ4n) is 14.8. The molecule has 7 rings (SSSR count). The number of hydrogen-bond donors (Lipinski definition) is 2. The molecule has 6 fully saturated rings. The van der Waals surface area contributed by atoms with Crippen molar-refractivity contribution in [2.45, 2.75) is 124 Å². The molecule has 2 aliphatic heterocycles. The van der Waals surface area contributed by atoms with Crippen LogP contribution in [0.1, 0.15) is 117 Å². The summed E-state index contributed by atoms with van der Waals surface area (Å²) in [6.07, 6.45) is 12.5. The Labute approximate surface area is 332 Å². The van der Waals surface area contributed by atoms with Gasteiger partial charge in [-0.2, -0.15) is 0 Å². The van der Waals surface area contributed by atoms with Gasteiger partial charge in [0.15, 0.2) is 9.84 Å². The van der Waals surface area contributed by atoms with E-state index in [-0.39, 0.29) is 34.1 Å². The zero-order valence-corrected chi connectivity index (χ0v) is 35.7. The van der Waals surface area contributed by atoms with Crippen LogP contribution in [0.2, 0.25) is 0 Å². The number of sulfone groups is 1. The molecule has 8 nitrogen and oxygen atoms in total. The van der Waals surface area contributed by atoms with Crippen LogP contribution in [-0.4, -0.2) is 91.5 Å². The Balaban J connectivity index is 1.05. The number of carbonyl (C=O) groups excluding carboxylic acids is 1. The van der Waals surface area contributed by atoms with E-state index < -0.39 is 15.8 Å². The highest BCUT2D eigenvalue weighted by atomic mass is 32.2. The van der Waals surface area contributed by atoms with Crippen LogP contribution in [0.25, 0.3) is 0 Å². The van der Waals surface area contributed by atoms with Crippen LogP contribution in [0.5, 0.6) is 0 Å². The predicted molar refractivity (Wildman–Crippen MR) is 220 cm³/mol. The number of carboxylic acids is 1. The lowest BCUT2D eigenvalue weighted by molar-refractivity contribution is -0.240. The zero-order valence-electron chi connectivity index (χ0n) is 34.9. The van der Waals surface area contributed by atoms with E-state index in [1.165, 1.54) is 50.5 Å². The lowest BCUT2D eigenvalue weighted by Gasteiger charge is -2.73. The van der Waals surface area contributed by atoms with Crippen LogP contribution >= 0.6 is 0 Å². The number of piperidine rings is 1. The first-order valence-electron chi connectivity index (χ1n) is 21.7. The van der Waals surface area contributed by atoms with Gasteiger partial charge in [-0.05, 0) is 160 Å². The van der Waals surface area contributed by atoms with Crippen LogP contribution in [0.15, 0.2) is 36.4 Å². The first kappa shape index (κ1) is 40.9. The number of rotatable bonds is 11. The minimum Gasteiger partial charge on any atom is -0.481 e. The van der Waals surface area contributed by atoms with Gasteiger partial charge in [-0.25, -0.2) is 8.42 Å². The Kier molecular flexibility index (Phi) is 11.1. The molecule has 0 bridgehead atoms. The number of benzene rings is 1. The van der Waals surface area contributed by atoms with Crippen molar-refractivity contribution in [3.63, 3.8) is 0 Å². The maximum Gasteiger partial charge on any atom is 0.307 e. The number of amides is 1. The molecule has 0 unspecified atom stereocenters. The SMILES string of the molecule is C=C(C)[C@@H]1CC[C@]2(CNCCCN3CCS(=O)(=O)CC3)CC[C@]3(C)[C@H](CC[C@@H]4[C@@]5(C)CCN(C(=O)Cc6cccc(CC(=O)O)c6)C(C)(C)[C@@H]5CC[C@]43C)[C@@H]12. The van der Waals surface area contributed by atoms with E-state index in [0.717, 1.165) is 56.6 Å². The van der Waals surface area contributed by atoms with Crippen LogP contribution in [-0.2, 0) is 32.3 Å². The van der Waals surface area contributed by atoms with Crippen molar-refractivity contribution in [2.75, 3.05) is 50.8 Å². The van der Waals surface area contributed by atoms with Crippen LogP contribution in [0.4, 0.5) is 0 Å². The number of hydrogen-bond acceptors (Lipinski definition) is 6.